The fourth-order valence-electron chi connectivity index (χ4n) is 2.88. The molecule has 0 radical (unpaired) electrons. The smallest absolute Gasteiger partial charge is 0.262 e. The molecule has 0 fully saturated rings. The van der Waals surface area contributed by atoms with Gasteiger partial charge < -0.3 is 20.1 Å². The lowest BCUT2D eigenvalue weighted by Crippen LogP contribution is -2.23. The standard InChI is InChI=1S/C25H26N4O3S/c1-3-31-23-15-19(16-26-29-25(33)27-20-10-5-4-6-11-20)13-14-22(23)32-17-24(30)28-21-12-8-7-9-18(21)2/h4-16H,3,17H2,1-2H3,(H,28,30)(H2,27,29,33)/b26-16+. The number of nitrogens with one attached hydrogen (secondary N) is 3. The van der Waals surface area contributed by atoms with E-state index in [0.29, 0.717) is 23.2 Å². The number of hydrazone groups is 1. The van der Waals surface area contributed by atoms with E-state index in [-0.39, 0.29) is 12.5 Å². The quantitative estimate of drug-likeness (QED) is 0.242. The third-order valence-electron chi connectivity index (χ3n) is 4.46. The van der Waals surface area contributed by atoms with Gasteiger partial charge in [0.05, 0.1) is 12.8 Å². The van der Waals surface area contributed by atoms with E-state index in [4.69, 9.17) is 21.7 Å². The summed E-state index contributed by atoms with van der Waals surface area (Å²) in [6.45, 7) is 4.13. The third kappa shape index (κ3) is 7.62. The van der Waals surface area contributed by atoms with Crippen molar-refractivity contribution in [2.45, 2.75) is 13.8 Å². The lowest BCUT2D eigenvalue weighted by molar-refractivity contribution is -0.118. The Hall–Kier alpha value is -3.91. The Morgan fingerprint density at radius 3 is 2.48 bits per heavy atom. The Labute approximate surface area is 198 Å². The number of hydrogen-bond donors (Lipinski definition) is 3. The number of benzene rings is 3. The van der Waals surface area contributed by atoms with Crippen LogP contribution in [-0.4, -0.2) is 30.4 Å². The second-order valence-electron chi connectivity index (χ2n) is 6.98. The highest BCUT2D eigenvalue weighted by atomic mass is 32.1. The molecule has 170 valence electrons. The predicted molar refractivity (Wildman–Crippen MR) is 136 cm³/mol. The maximum absolute atomic E-state index is 12.3. The van der Waals surface area contributed by atoms with E-state index >= 15 is 0 Å². The van der Waals surface area contributed by atoms with Crippen molar-refractivity contribution in [2.75, 3.05) is 23.8 Å². The van der Waals surface area contributed by atoms with Crippen molar-refractivity contribution in [1.29, 1.82) is 0 Å². The normalized spacial score (nSPS) is 10.5. The van der Waals surface area contributed by atoms with E-state index in [2.05, 4.69) is 21.2 Å². The number of thiocarbonyl (C=S) groups is 1. The maximum Gasteiger partial charge on any atom is 0.262 e. The Balaban J connectivity index is 1.56. The molecule has 8 heteroatoms. The van der Waals surface area contributed by atoms with Gasteiger partial charge in [-0.1, -0.05) is 36.4 Å². The lowest BCUT2D eigenvalue weighted by Gasteiger charge is -2.13. The summed E-state index contributed by atoms with van der Waals surface area (Å²) < 4.78 is 11.4. The first-order valence-electron chi connectivity index (χ1n) is 10.5. The first-order chi connectivity index (χ1) is 16.0. The Bertz CT molecular complexity index is 1120. The molecule has 0 aliphatic rings. The molecule has 0 aliphatic heterocycles. The summed E-state index contributed by atoms with van der Waals surface area (Å²) >= 11 is 5.23. The minimum absolute atomic E-state index is 0.136. The van der Waals surface area contributed by atoms with Crippen molar-refractivity contribution < 1.29 is 14.3 Å². The van der Waals surface area contributed by atoms with E-state index in [1.54, 1.807) is 18.3 Å². The monoisotopic (exact) mass is 462 g/mol. The van der Waals surface area contributed by atoms with Crippen molar-refractivity contribution in [3.8, 4) is 11.5 Å². The number of amides is 1. The lowest BCUT2D eigenvalue weighted by atomic mass is 10.2. The van der Waals surface area contributed by atoms with Crippen molar-refractivity contribution in [3.05, 3.63) is 83.9 Å². The summed E-state index contributed by atoms with van der Waals surface area (Å²) in [6, 6.07) is 22.5. The molecule has 33 heavy (non-hydrogen) atoms. The Morgan fingerprint density at radius 1 is 0.970 bits per heavy atom. The van der Waals surface area contributed by atoms with Gasteiger partial charge in [0.25, 0.3) is 5.91 Å². The minimum Gasteiger partial charge on any atom is -0.490 e. The number of carbonyl (C=O) groups is 1. The molecule has 7 nitrogen and oxygen atoms in total. The molecule has 0 saturated heterocycles. The van der Waals surface area contributed by atoms with Gasteiger partial charge in [0, 0.05) is 11.4 Å². The molecule has 0 bridgehead atoms. The van der Waals surface area contributed by atoms with Crippen LogP contribution in [0.2, 0.25) is 0 Å². The van der Waals surface area contributed by atoms with Gasteiger partial charge in [-0.15, -0.1) is 0 Å². The van der Waals surface area contributed by atoms with Crippen molar-refractivity contribution >= 4 is 40.8 Å². The highest BCUT2D eigenvalue weighted by Gasteiger charge is 2.10. The Morgan fingerprint density at radius 2 is 1.73 bits per heavy atom. The van der Waals surface area contributed by atoms with Gasteiger partial charge >= 0.3 is 0 Å². The van der Waals surface area contributed by atoms with Gasteiger partial charge in [-0.05, 0) is 73.6 Å². The SMILES string of the molecule is CCOc1cc(/C=N/NC(=S)Nc2ccccc2)ccc1OCC(=O)Nc1ccccc1C. The molecule has 1 amide bonds. The van der Waals surface area contributed by atoms with Gasteiger partial charge in [-0.25, -0.2) is 0 Å². The number of carbonyl (C=O) groups excluding carboxylic acids is 1. The van der Waals surface area contributed by atoms with Gasteiger partial charge in [0.2, 0.25) is 0 Å². The summed E-state index contributed by atoms with van der Waals surface area (Å²) in [5.74, 6) is 0.749. The van der Waals surface area contributed by atoms with Crippen LogP contribution >= 0.6 is 12.2 Å². The number of hydrogen-bond acceptors (Lipinski definition) is 5. The van der Waals surface area contributed by atoms with Crippen LogP contribution in [0.1, 0.15) is 18.1 Å². The van der Waals surface area contributed by atoms with Crippen LogP contribution in [0.5, 0.6) is 11.5 Å². The molecule has 0 spiro atoms. The Kier molecular flexibility index (Phi) is 8.79. The molecule has 0 aromatic heterocycles. The number of rotatable bonds is 9. The molecule has 0 aliphatic carbocycles. The molecule has 3 aromatic carbocycles. The highest BCUT2D eigenvalue weighted by molar-refractivity contribution is 7.80. The number of ether oxygens (including phenoxy) is 2. The number of aryl methyl sites for hydroxylation is 1. The number of nitrogens with zero attached hydrogens (tertiary/aromatic N) is 1. The van der Waals surface area contributed by atoms with Crippen LogP contribution in [0.25, 0.3) is 0 Å². The minimum atomic E-state index is -0.249. The average molecular weight is 463 g/mol. The van der Waals surface area contributed by atoms with Crippen LogP contribution in [0.15, 0.2) is 77.9 Å². The van der Waals surface area contributed by atoms with Gasteiger partial charge in [0.1, 0.15) is 0 Å². The summed E-state index contributed by atoms with van der Waals surface area (Å²) in [5, 5.41) is 10.4. The van der Waals surface area contributed by atoms with Crippen LogP contribution < -0.4 is 25.5 Å². The summed E-state index contributed by atoms with van der Waals surface area (Å²) in [6.07, 6.45) is 1.62. The molecule has 0 heterocycles. The number of para-hydroxylation sites is 2. The zero-order valence-corrected chi connectivity index (χ0v) is 19.3. The zero-order chi connectivity index (χ0) is 23.5. The van der Waals surface area contributed by atoms with Gasteiger partial charge in [-0.3, -0.25) is 10.2 Å². The van der Waals surface area contributed by atoms with Crippen LogP contribution in [0, 0.1) is 6.92 Å². The summed E-state index contributed by atoms with van der Waals surface area (Å²) in [5.41, 5.74) is 6.17. The average Bonchev–Trinajstić information content (AvgIpc) is 2.81. The molecule has 0 atom stereocenters. The molecule has 3 N–H and O–H groups in total. The van der Waals surface area contributed by atoms with E-state index in [1.807, 2.05) is 74.5 Å². The molecular weight excluding hydrogens is 436 g/mol. The first kappa shape index (κ1) is 23.7. The summed E-state index contributed by atoms with van der Waals surface area (Å²) in [4.78, 5) is 12.3. The molecule has 0 saturated carbocycles. The highest BCUT2D eigenvalue weighted by Crippen LogP contribution is 2.28. The fourth-order valence-corrected chi connectivity index (χ4v) is 3.05. The first-order valence-corrected chi connectivity index (χ1v) is 10.9. The second-order valence-corrected chi connectivity index (χ2v) is 7.39. The maximum atomic E-state index is 12.3. The van der Waals surface area contributed by atoms with Crippen molar-refractivity contribution in [2.24, 2.45) is 5.10 Å². The predicted octanol–water partition coefficient (Wildman–Crippen LogP) is 4.73. The van der Waals surface area contributed by atoms with E-state index in [1.165, 1.54) is 0 Å². The van der Waals surface area contributed by atoms with Crippen LogP contribution in [0.3, 0.4) is 0 Å². The van der Waals surface area contributed by atoms with Crippen molar-refractivity contribution in [1.82, 2.24) is 5.43 Å². The third-order valence-corrected chi connectivity index (χ3v) is 4.65. The molecular formula is C25H26N4O3S. The van der Waals surface area contributed by atoms with E-state index < -0.39 is 0 Å². The van der Waals surface area contributed by atoms with Crippen LogP contribution in [-0.2, 0) is 4.79 Å². The zero-order valence-electron chi connectivity index (χ0n) is 18.5. The second kappa shape index (κ2) is 12.2. The molecule has 3 rings (SSSR count). The number of anilines is 2. The fraction of sp³-hybridized carbons (Fsp3) is 0.160. The van der Waals surface area contributed by atoms with E-state index in [9.17, 15) is 4.79 Å². The topological polar surface area (TPSA) is 84.0 Å². The molecule has 0 unspecified atom stereocenters. The van der Waals surface area contributed by atoms with Gasteiger partial charge in [-0.2, -0.15) is 5.10 Å². The van der Waals surface area contributed by atoms with E-state index in [0.717, 1.165) is 22.5 Å². The molecule has 3 aromatic rings. The largest absolute Gasteiger partial charge is 0.490 e. The summed E-state index contributed by atoms with van der Waals surface area (Å²) in [7, 11) is 0. The van der Waals surface area contributed by atoms with Gasteiger partial charge in [0.15, 0.2) is 23.2 Å². The van der Waals surface area contributed by atoms with Crippen LogP contribution in [0.4, 0.5) is 11.4 Å². The van der Waals surface area contributed by atoms with Crippen molar-refractivity contribution in [3.63, 3.8) is 0 Å².